The predicted octanol–water partition coefficient (Wildman–Crippen LogP) is 13.1. The highest BCUT2D eigenvalue weighted by Gasteiger charge is 2.16. The molecule has 0 bridgehead atoms. The van der Waals surface area contributed by atoms with Gasteiger partial charge in [-0.2, -0.15) is 0 Å². The van der Waals surface area contributed by atoms with Crippen molar-refractivity contribution in [2.75, 3.05) is 4.90 Å². The first-order valence-corrected chi connectivity index (χ1v) is 18.6. The summed E-state index contributed by atoms with van der Waals surface area (Å²) in [7, 11) is 0. The van der Waals surface area contributed by atoms with E-state index in [1.54, 1.807) is 0 Å². The second-order valence-corrected chi connectivity index (χ2v) is 14.0. The molecule has 3 heterocycles. The molecule has 0 N–H and O–H groups in total. The molecule has 0 fully saturated rings. The van der Waals surface area contributed by atoms with Gasteiger partial charge in [-0.15, -0.1) is 0 Å². The van der Waals surface area contributed by atoms with E-state index in [0.717, 1.165) is 78.0 Å². The molecule has 0 unspecified atom stereocenters. The lowest BCUT2D eigenvalue weighted by molar-refractivity contribution is 0.620. The number of oxazole rings is 1. The van der Waals surface area contributed by atoms with Gasteiger partial charge in [0.2, 0.25) is 5.89 Å². The van der Waals surface area contributed by atoms with Gasteiger partial charge in [0.1, 0.15) is 5.52 Å². The second-order valence-electron chi connectivity index (χ2n) is 14.0. The van der Waals surface area contributed by atoms with Gasteiger partial charge in [-0.3, -0.25) is 9.97 Å². The summed E-state index contributed by atoms with van der Waals surface area (Å²) in [5.41, 5.74) is 11.3. The van der Waals surface area contributed by atoms with Crippen molar-refractivity contribution in [2.24, 2.45) is 0 Å². The average molecular weight is 718 g/mol. The van der Waals surface area contributed by atoms with E-state index < -0.39 is 0 Å². The summed E-state index contributed by atoms with van der Waals surface area (Å²) in [5, 5.41) is 7.06. The molecule has 6 nitrogen and oxygen atoms in total. The van der Waals surface area contributed by atoms with Gasteiger partial charge in [0, 0.05) is 45.3 Å². The van der Waals surface area contributed by atoms with E-state index in [4.69, 9.17) is 19.4 Å². The Kier molecular flexibility index (Phi) is 7.38. The molecular weight excluding hydrogens is 687 g/mol. The van der Waals surface area contributed by atoms with Crippen LogP contribution in [0.1, 0.15) is 0 Å². The lowest BCUT2D eigenvalue weighted by Gasteiger charge is -2.26. The Labute approximate surface area is 322 Å². The molecular formula is C50H31N5O. The molecule has 11 aromatic rings. The van der Waals surface area contributed by atoms with Crippen LogP contribution in [0.2, 0.25) is 0 Å². The zero-order valence-electron chi connectivity index (χ0n) is 30.0. The summed E-state index contributed by atoms with van der Waals surface area (Å²) < 4.78 is 6.10. The first kappa shape index (κ1) is 31.8. The van der Waals surface area contributed by atoms with Crippen molar-refractivity contribution in [2.45, 2.75) is 0 Å². The molecule has 11 rings (SSSR count). The third-order valence-electron chi connectivity index (χ3n) is 10.5. The highest BCUT2D eigenvalue weighted by molar-refractivity contribution is 6.09. The quantitative estimate of drug-likeness (QED) is 0.160. The van der Waals surface area contributed by atoms with Crippen LogP contribution in [0.4, 0.5) is 17.1 Å². The maximum absolute atomic E-state index is 6.10. The van der Waals surface area contributed by atoms with Crippen LogP contribution in [-0.2, 0) is 0 Å². The van der Waals surface area contributed by atoms with Crippen LogP contribution < -0.4 is 4.90 Å². The number of para-hydroxylation sites is 4. The Balaban J connectivity index is 0.983. The number of fused-ring (bicyclic) bond motifs is 6. The normalized spacial score (nSPS) is 11.6. The molecule has 262 valence electrons. The van der Waals surface area contributed by atoms with Crippen LogP contribution in [0.5, 0.6) is 0 Å². The van der Waals surface area contributed by atoms with Gasteiger partial charge < -0.3 is 9.32 Å². The molecule has 6 heteroatoms. The Morgan fingerprint density at radius 2 is 1.00 bits per heavy atom. The Hall–Kier alpha value is -7.70. The van der Waals surface area contributed by atoms with Gasteiger partial charge in [-0.25, -0.2) is 9.97 Å². The van der Waals surface area contributed by atoms with Gasteiger partial charge in [0.25, 0.3) is 0 Å². The lowest BCUT2D eigenvalue weighted by Crippen LogP contribution is -2.10. The minimum atomic E-state index is 0.599. The monoisotopic (exact) mass is 717 g/mol. The molecule has 0 aliphatic rings. The molecule has 0 radical (unpaired) electrons. The van der Waals surface area contributed by atoms with Gasteiger partial charge in [-0.1, -0.05) is 91.0 Å². The van der Waals surface area contributed by atoms with Crippen molar-refractivity contribution in [3.05, 3.63) is 188 Å². The molecule has 0 spiro atoms. The topological polar surface area (TPSA) is 67.9 Å². The maximum Gasteiger partial charge on any atom is 0.227 e. The standard InChI is InChI=1S/C50H31N5O/c1-2-8-38-30-51-47(29-34(38)7-1)37-19-25-42-35(27-37)13-14-36-28-41(24-26-43(36)42)55(40-22-17-33(18-23-40)50-54-46-11-5-6-12-49(46)56-50)39-20-15-32(16-21-39)48-31-52-44-9-3-4-10-45(44)53-48/h1-31H. The molecule has 0 atom stereocenters. The molecule has 8 aromatic carbocycles. The fourth-order valence-corrected chi connectivity index (χ4v) is 7.67. The van der Waals surface area contributed by atoms with E-state index >= 15 is 0 Å². The molecule has 0 aliphatic heterocycles. The molecule has 0 saturated heterocycles. The van der Waals surface area contributed by atoms with Gasteiger partial charge in [0.05, 0.1) is 28.6 Å². The molecule has 0 amide bonds. The van der Waals surface area contributed by atoms with E-state index in [2.05, 4.69) is 131 Å². The minimum Gasteiger partial charge on any atom is -0.436 e. The summed E-state index contributed by atoms with van der Waals surface area (Å²) in [6.07, 6.45) is 3.80. The Morgan fingerprint density at radius 1 is 0.375 bits per heavy atom. The predicted molar refractivity (Wildman–Crippen MR) is 228 cm³/mol. The smallest absolute Gasteiger partial charge is 0.227 e. The highest BCUT2D eigenvalue weighted by Crippen LogP contribution is 2.39. The van der Waals surface area contributed by atoms with Crippen molar-refractivity contribution in [3.63, 3.8) is 0 Å². The summed E-state index contributed by atoms with van der Waals surface area (Å²) in [6.45, 7) is 0. The molecule has 3 aromatic heterocycles. The number of rotatable bonds is 6. The number of hydrogen-bond donors (Lipinski definition) is 0. The molecule has 0 aliphatic carbocycles. The first-order valence-electron chi connectivity index (χ1n) is 18.6. The summed E-state index contributed by atoms with van der Waals surface area (Å²) in [5.74, 6) is 0.599. The number of anilines is 3. The number of pyridine rings is 1. The largest absolute Gasteiger partial charge is 0.436 e. The van der Waals surface area contributed by atoms with Crippen LogP contribution >= 0.6 is 0 Å². The molecule has 0 saturated carbocycles. The van der Waals surface area contributed by atoms with E-state index in [1.807, 2.05) is 67.0 Å². The van der Waals surface area contributed by atoms with E-state index in [0.29, 0.717) is 5.89 Å². The van der Waals surface area contributed by atoms with Crippen molar-refractivity contribution in [1.29, 1.82) is 0 Å². The van der Waals surface area contributed by atoms with Crippen molar-refractivity contribution >= 4 is 71.5 Å². The van der Waals surface area contributed by atoms with Gasteiger partial charge >= 0.3 is 0 Å². The number of nitrogens with zero attached hydrogens (tertiary/aromatic N) is 5. The zero-order valence-corrected chi connectivity index (χ0v) is 30.0. The lowest BCUT2D eigenvalue weighted by atomic mass is 9.98. The van der Waals surface area contributed by atoms with E-state index in [1.165, 1.54) is 21.5 Å². The zero-order chi connectivity index (χ0) is 37.0. The fourth-order valence-electron chi connectivity index (χ4n) is 7.67. The molecule has 56 heavy (non-hydrogen) atoms. The van der Waals surface area contributed by atoms with Crippen LogP contribution in [-0.4, -0.2) is 19.9 Å². The third-order valence-corrected chi connectivity index (χ3v) is 10.5. The second kappa shape index (κ2) is 13.0. The summed E-state index contributed by atoms with van der Waals surface area (Å²) in [6, 6.07) is 61.0. The Morgan fingerprint density at radius 3 is 1.79 bits per heavy atom. The third kappa shape index (κ3) is 5.60. The van der Waals surface area contributed by atoms with Crippen molar-refractivity contribution < 1.29 is 4.42 Å². The summed E-state index contributed by atoms with van der Waals surface area (Å²) in [4.78, 5) is 21.3. The van der Waals surface area contributed by atoms with Gasteiger partial charge in [0.15, 0.2) is 5.58 Å². The SMILES string of the molecule is c1ccc2cc(-c3ccc4c(ccc5cc(N(c6ccc(-c7cnc8ccccc8n7)cc6)c6ccc(-c7nc8ccccc8o7)cc6)ccc54)c3)ncc2c1. The fraction of sp³-hybridized carbons (Fsp3) is 0. The number of hydrogen-bond acceptors (Lipinski definition) is 6. The van der Waals surface area contributed by atoms with Crippen molar-refractivity contribution in [3.8, 4) is 34.0 Å². The van der Waals surface area contributed by atoms with Crippen LogP contribution in [0.25, 0.3) is 88.4 Å². The maximum atomic E-state index is 6.10. The summed E-state index contributed by atoms with van der Waals surface area (Å²) >= 11 is 0. The average Bonchev–Trinajstić information content (AvgIpc) is 3.71. The van der Waals surface area contributed by atoms with Gasteiger partial charge in [-0.05, 0) is 112 Å². The van der Waals surface area contributed by atoms with Crippen molar-refractivity contribution in [1.82, 2.24) is 19.9 Å². The highest BCUT2D eigenvalue weighted by atomic mass is 16.3. The number of aromatic nitrogens is 4. The van der Waals surface area contributed by atoms with Crippen LogP contribution in [0, 0.1) is 0 Å². The van der Waals surface area contributed by atoms with Crippen LogP contribution in [0.3, 0.4) is 0 Å². The van der Waals surface area contributed by atoms with E-state index in [-0.39, 0.29) is 0 Å². The van der Waals surface area contributed by atoms with Crippen LogP contribution in [0.15, 0.2) is 193 Å². The number of benzene rings is 8. The Bertz CT molecular complexity index is 3230. The van der Waals surface area contributed by atoms with E-state index in [9.17, 15) is 0 Å². The minimum absolute atomic E-state index is 0.599. The first-order chi connectivity index (χ1) is 27.7.